The fourth-order valence-corrected chi connectivity index (χ4v) is 2.33. The molecule has 0 fully saturated rings. The van der Waals surface area contributed by atoms with Crippen molar-refractivity contribution in [2.75, 3.05) is 5.32 Å². The topological polar surface area (TPSA) is 94.6 Å². The fraction of sp³-hybridized carbons (Fsp3) is 0.0952. The number of nitrogens with one attached hydrogen (secondary N) is 2. The molecule has 0 radical (unpaired) electrons. The zero-order valence-electron chi connectivity index (χ0n) is 15.9. The van der Waals surface area contributed by atoms with Crippen LogP contribution >= 0.6 is 0 Å². The molecule has 142 valence electrons. The van der Waals surface area contributed by atoms with Crippen LogP contribution in [0.2, 0.25) is 0 Å². The number of nitrogens with zero attached hydrogens (tertiary/aromatic N) is 4. The van der Waals surface area contributed by atoms with Crippen LogP contribution in [0.3, 0.4) is 0 Å². The van der Waals surface area contributed by atoms with Gasteiger partial charge in [0.25, 0.3) is 0 Å². The monoisotopic (exact) mass is 374 g/mol. The number of ether oxygens (including phenoxy) is 1. The van der Waals surface area contributed by atoms with Crippen LogP contribution in [0.25, 0.3) is 0 Å². The van der Waals surface area contributed by atoms with Crippen LogP contribution < -0.4 is 10.1 Å². The zero-order valence-corrected chi connectivity index (χ0v) is 15.9. The lowest BCUT2D eigenvalue weighted by Gasteiger charge is -2.18. The Bertz CT molecular complexity index is 963. The van der Waals surface area contributed by atoms with Gasteiger partial charge in [0.05, 0.1) is 5.70 Å². The molecule has 1 aromatic carbocycles. The van der Waals surface area contributed by atoms with E-state index in [-0.39, 0.29) is 0 Å². The molecule has 1 aliphatic heterocycles. The number of amidine groups is 1. The van der Waals surface area contributed by atoms with Gasteiger partial charge in [-0.25, -0.2) is 15.0 Å². The summed E-state index contributed by atoms with van der Waals surface area (Å²) in [5, 5.41) is 10.2. The summed E-state index contributed by atoms with van der Waals surface area (Å²) < 4.78 is 5.89. The van der Waals surface area contributed by atoms with Gasteiger partial charge in [-0.15, -0.1) is 0 Å². The molecule has 2 rings (SSSR count). The lowest BCUT2D eigenvalue weighted by atomic mass is 10.1. The second-order valence-electron chi connectivity index (χ2n) is 5.62. The molecule has 0 unspecified atom stereocenters. The number of hydrogen-bond donors (Lipinski definition) is 2. The smallest absolute Gasteiger partial charge is 0.160 e. The third-order valence-electron chi connectivity index (χ3n) is 3.94. The Morgan fingerprint density at radius 1 is 1.25 bits per heavy atom. The van der Waals surface area contributed by atoms with Crippen LogP contribution in [0.15, 0.2) is 81.6 Å². The minimum Gasteiger partial charge on any atom is -0.457 e. The lowest BCUT2D eigenvalue weighted by molar-refractivity contribution is 0.442. The van der Waals surface area contributed by atoms with E-state index in [1.54, 1.807) is 12.2 Å². The lowest BCUT2D eigenvalue weighted by Crippen LogP contribution is -2.27. The van der Waals surface area contributed by atoms with Gasteiger partial charge in [-0.05, 0) is 49.3 Å². The SMILES string of the molecule is C=C/N=C1\C(=C)N=CN=C1Nc1ccc(O/C(C=C)=C/C=N/C=N)c(C)c1C. The predicted octanol–water partition coefficient (Wildman–Crippen LogP) is 4.38. The molecule has 7 nitrogen and oxygen atoms in total. The highest BCUT2D eigenvalue weighted by molar-refractivity contribution is 6.52. The first-order valence-electron chi connectivity index (χ1n) is 8.40. The van der Waals surface area contributed by atoms with E-state index in [1.807, 2.05) is 26.0 Å². The Morgan fingerprint density at radius 3 is 2.71 bits per heavy atom. The van der Waals surface area contributed by atoms with E-state index in [1.165, 1.54) is 18.8 Å². The van der Waals surface area contributed by atoms with Crippen LogP contribution in [0.1, 0.15) is 11.1 Å². The van der Waals surface area contributed by atoms with Gasteiger partial charge in [0.1, 0.15) is 29.9 Å². The minimum atomic E-state index is 0.513. The van der Waals surface area contributed by atoms with Gasteiger partial charge in [-0.3, -0.25) is 10.4 Å². The van der Waals surface area contributed by atoms with Crippen LogP contribution in [0.4, 0.5) is 5.69 Å². The number of hydrogen-bond acceptors (Lipinski definition) is 6. The van der Waals surface area contributed by atoms with Crippen molar-refractivity contribution in [3.63, 3.8) is 0 Å². The highest BCUT2D eigenvalue weighted by Crippen LogP contribution is 2.29. The van der Waals surface area contributed by atoms with Crippen molar-refractivity contribution in [3.8, 4) is 5.75 Å². The largest absolute Gasteiger partial charge is 0.457 e. The van der Waals surface area contributed by atoms with Crippen molar-refractivity contribution < 1.29 is 4.74 Å². The van der Waals surface area contributed by atoms with Crippen molar-refractivity contribution in [2.45, 2.75) is 13.8 Å². The van der Waals surface area contributed by atoms with E-state index >= 15 is 0 Å². The highest BCUT2D eigenvalue weighted by Gasteiger charge is 2.17. The first-order valence-corrected chi connectivity index (χ1v) is 8.40. The van der Waals surface area contributed by atoms with E-state index in [4.69, 9.17) is 10.1 Å². The maximum Gasteiger partial charge on any atom is 0.160 e. The molecule has 1 aliphatic rings. The second-order valence-corrected chi connectivity index (χ2v) is 5.62. The number of aliphatic imine (C=N–C) groups is 4. The van der Waals surface area contributed by atoms with Gasteiger partial charge >= 0.3 is 0 Å². The fourth-order valence-electron chi connectivity index (χ4n) is 2.33. The van der Waals surface area contributed by atoms with E-state index in [2.05, 4.69) is 45.0 Å². The van der Waals surface area contributed by atoms with Gasteiger partial charge in [0, 0.05) is 18.1 Å². The summed E-state index contributed by atoms with van der Waals surface area (Å²) in [5.41, 5.74) is 3.85. The van der Waals surface area contributed by atoms with Gasteiger partial charge in [0.15, 0.2) is 5.84 Å². The Balaban J connectivity index is 2.30. The highest BCUT2D eigenvalue weighted by atomic mass is 16.5. The summed E-state index contributed by atoms with van der Waals surface area (Å²) in [5.74, 6) is 1.76. The quantitative estimate of drug-likeness (QED) is 0.321. The molecule has 7 heteroatoms. The van der Waals surface area contributed by atoms with Crippen LogP contribution in [0.5, 0.6) is 5.75 Å². The summed E-state index contributed by atoms with van der Waals surface area (Å²) in [7, 11) is 0. The maximum atomic E-state index is 6.91. The number of anilines is 1. The van der Waals surface area contributed by atoms with Gasteiger partial charge in [0.2, 0.25) is 0 Å². The van der Waals surface area contributed by atoms with Crippen LogP contribution in [0, 0.1) is 19.3 Å². The Morgan fingerprint density at radius 2 is 2.04 bits per heavy atom. The number of rotatable bonds is 7. The summed E-state index contributed by atoms with van der Waals surface area (Å²) in [4.78, 5) is 16.2. The summed E-state index contributed by atoms with van der Waals surface area (Å²) in [6.45, 7) is 15.2. The predicted molar refractivity (Wildman–Crippen MR) is 118 cm³/mol. The first kappa shape index (κ1) is 20.4. The standard InChI is InChI=1S/C21H22N6O/c1-6-17(10-11-23-12-22)28-19-9-8-18(14(3)15(19)4)27-21-20(24-7-2)16(5)25-13-26-21/h6-13,22H,1-2,5H2,3-4H3,(H,25,26,27)/b17-10+,22-12?,23-11+,24-20+. The molecule has 0 aliphatic carbocycles. The average Bonchev–Trinajstić information content (AvgIpc) is 2.69. The Kier molecular flexibility index (Phi) is 7.10. The third-order valence-corrected chi connectivity index (χ3v) is 3.94. The first-order chi connectivity index (χ1) is 13.5. The van der Waals surface area contributed by atoms with E-state index < -0.39 is 0 Å². The van der Waals surface area contributed by atoms with Gasteiger partial charge < -0.3 is 10.1 Å². The molecule has 0 saturated carbocycles. The maximum absolute atomic E-state index is 6.91. The second kappa shape index (κ2) is 9.72. The van der Waals surface area contributed by atoms with Crippen molar-refractivity contribution in [2.24, 2.45) is 20.0 Å². The minimum absolute atomic E-state index is 0.513. The normalized spacial score (nSPS) is 15.5. The molecule has 28 heavy (non-hydrogen) atoms. The van der Waals surface area contributed by atoms with Crippen molar-refractivity contribution in [1.29, 1.82) is 5.41 Å². The van der Waals surface area contributed by atoms with Crippen molar-refractivity contribution in [1.82, 2.24) is 0 Å². The molecule has 0 aromatic heterocycles. The van der Waals surface area contributed by atoms with E-state index in [0.717, 1.165) is 23.2 Å². The van der Waals surface area contributed by atoms with E-state index in [0.29, 0.717) is 28.8 Å². The molecule has 0 spiro atoms. The molecule has 1 aromatic rings. The summed E-state index contributed by atoms with van der Waals surface area (Å²) in [6, 6.07) is 3.75. The van der Waals surface area contributed by atoms with Crippen molar-refractivity contribution in [3.05, 3.63) is 72.8 Å². The zero-order chi connectivity index (χ0) is 20.5. The molecular weight excluding hydrogens is 352 g/mol. The Labute approximate surface area is 164 Å². The molecule has 0 atom stereocenters. The third kappa shape index (κ3) is 4.85. The molecule has 2 N–H and O–H groups in total. The van der Waals surface area contributed by atoms with E-state index in [9.17, 15) is 0 Å². The van der Waals surface area contributed by atoms with Crippen LogP contribution in [-0.2, 0) is 0 Å². The molecule has 0 amide bonds. The van der Waals surface area contributed by atoms with Gasteiger partial charge in [-0.1, -0.05) is 19.7 Å². The average molecular weight is 374 g/mol. The summed E-state index contributed by atoms with van der Waals surface area (Å²) >= 11 is 0. The molecule has 0 bridgehead atoms. The van der Waals surface area contributed by atoms with Crippen molar-refractivity contribution >= 4 is 36.1 Å². The number of benzene rings is 1. The van der Waals surface area contributed by atoms with Crippen LogP contribution in [-0.4, -0.2) is 30.4 Å². The summed E-state index contributed by atoms with van der Waals surface area (Å²) in [6.07, 6.45) is 8.50. The van der Waals surface area contributed by atoms with Gasteiger partial charge in [-0.2, -0.15) is 0 Å². The molecule has 1 heterocycles. The Hall–Kier alpha value is -3.87. The molecular formula is C21H22N6O. The number of allylic oxidation sites excluding steroid dienone is 2. The molecule has 0 saturated heterocycles.